The number of thiazole rings is 1. The molecule has 3 rings (SSSR count). The predicted molar refractivity (Wildman–Crippen MR) is 84.2 cm³/mol. The number of benzene rings is 1. The van der Waals surface area contributed by atoms with Crippen LogP contribution in [-0.4, -0.2) is 24.2 Å². The molecular formula is C16H22N2OS. The summed E-state index contributed by atoms with van der Waals surface area (Å²) in [6.07, 6.45) is 5.33. The van der Waals surface area contributed by atoms with Gasteiger partial charge in [0.2, 0.25) is 0 Å². The standard InChI is InChI=1S/C16H22N2OS/c1-12(17-10-9-13-6-4-5-11-19-13)16-18-14-7-2-3-8-15(14)20-16/h2-3,7-8,12-13,17H,4-6,9-11H2,1H3. The zero-order chi connectivity index (χ0) is 13.8. The molecule has 2 heterocycles. The lowest BCUT2D eigenvalue weighted by molar-refractivity contribution is 0.0112. The summed E-state index contributed by atoms with van der Waals surface area (Å²) in [5, 5.41) is 4.75. The van der Waals surface area contributed by atoms with Crippen LogP contribution < -0.4 is 5.32 Å². The monoisotopic (exact) mass is 290 g/mol. The molecule has 1 aliphatic heterocycles. The van der Waals surface area contributed by atoms with E-state index in [4.69, 9.17) is 9.72 Å². The van der Waals surface area contributed by atoms with Crippen LogP contribution in [0.5, 0.6) is 0 Å². The molecule has 3 nitrogen and oxygen atoms in total. The second kappa shape index (κ2) is 6.66. The van der Waals surface area contributed by atoms with Gasteiger partial charge in [-0.15, -0.1) is 11.3 Å². The summed E-state index contributed by atoms with van der Waals surface area (Å²) in [6, 6.07) is 8.65. The zero-order valence-corrected chi connectivity index (χ0v) is 12.8. The number of nitrogens with one attached hydrogen (secondary N) is 1. The van der Waals surface area contributed by atoms with Crippen LogP contribution >= 0.6 is 11.3 Å². The lowest BCUT2D eigenvalue weighted by atomic mass is 10.1. The van der Waals surface area contributed by atoms with Crippen molar-refractivity contribution in [2.75, 3.05) is 13.2 Å². The summed E-state index contributed by atoms with van der Waals surface area (Å²) in [5.74, 6) is 0. The number of ether oxygens (including phenoxy) is 1. The molecule has 2 atom stereocenters. The molecular weight excluding hydrogens is 268 g/mol. The second-order valence-electron chi connectivity index (χ2n) is 5.47. The number of aromatic nitrogens is 1. The second-order valence-corrected chi connectivity index (χ2v) is 6.54. The van der Waals surface area contributed by atoms with Gasteiger partial charge in [0.25, 0.3) is 0 Å². The molecule has 20 heavy (non-hydrogen) atoms. The highest BCUT2D eigenvalue weighted by Gasteiger charge is 2.15. The largest absolute Gasteiger partial charge is 0.378 e. The number of fused-ring (bicyclic) bond motifs is 1. The van der Waals surface area contributed by atoms with E-state index in [1.165, 1.54) is 29.0 Å². The first-order chi connectivity index (χ1) is 9.83. The highest BCUT2D eigenvalue weighted by atomic mass is 32.1. The molecule has 0 spiro atoms. The first-order valence-electron chi connectivity index (χ1n) is 7.53. The summed E-state index contributed by atoms with van der Waals surface area (Å²) in [6.45, 7) is 4.14. The Morgan fingerprint density at radius 2 is 2.30 bits per heavy atom. The Morgan fingerprint density at radius 1 is 1.40 bits per heavy atom. The Labute approximate surface area is 124 Å². The summed E-state index contributed by atoms with van der Waals surface area (Å²) < 4.78 is 7.03. The minimum absolute atomic E-state index is 0.316. The molecule has 0 aliphatic carbocycles. The third-order valence-corrected chi connectivity index (χ3v) is 5.09. The van der Waals surface area contributed by atoms with Gasteiger partial charge in [0.15, 0.2) is 0 Å². The number of hydrogen-bond donors (Lipinski definition) is 1. The van der Waals surface area contributed by atoms with Gasteiger partial charge < -0.3 is 10.1 Å². The fourth-order valence-corrected chi connectivity index (χ4v) is 3.65. The molecule has 2 aromatic rings. The molecule has 0 bridgehead atoms. The van der Waals surface area contributed by atoms with Gasteiger partial charge in [0.1, 0.15) is 5.01 Å². The lowest BCUT2D eigenvalue weighted by Crippen LogP contribution is -2.26. The van der Waals surface area contributed by atoms with Gasteiger partial charge in [0, 0.05) is 6.61 Å². The molecule has 1 aromatic heterocycles. The van der Waals surface area contributed by atoms with Crippen molar-refractivity contribution in [2.24, 2.45) is 0 Å². The van der Waals surface area contributed by atoms with Gasteiger partial charge >= 0.3 is 0 Å². The topological polar surface area (TPSA) is 34.1 Å². The molecule has 2 unspecified atom stereocenters. The van der Waals surface area contributed by atoms with Gasteiger partial charge in [-0.05, 0) is 51.3 Å². The van der Waals surface area contributed by atoms with Crippen molar-refractivity contribution in [3.8, 4) is 0 Å². The van der Waals surface area contributed by atoms with Crippen LogP contribution in [0.1, 0.15) is 43.7 Å². The van der Waals surface area contributed by atoms with Crippen molar-refractivity contribution >= 4 is 21.6 Å². The molecule has 1 aliphatic rings. The third-order valence-electron chi connectivity index (χ3n) is 3.87. The lowest BCUT2D eigenvalue weighted by Gasteiger charge is -2.23. The molecule has 4 heteroatoms. The van der Waals surface area contributed by atoms with Crippen LogP contribution in [0, 0.1) is 0 Å². The number of hydrogen-bond acceptors (Lipinski definition) is 4. The molecule has 0 amide bonds. The van der Waals surface area contributed by atoms with Crippen molar-refractivity contribution in [1.82, 2.24) is 10.3 Å². The van der Waals surface area contributed by atoms with Crippen LogP contribution in [0.4, 0.5) is 0 Å². The van der Waals surface area contributed by atoms with Crippen LogP contribution in [-0.2, 0) is 4.74 Å². The van der Waals surface area contributed by atoms with Crippen LogP contribution in [0.2, 0.25) is 0 Å². The van der Waals surface area contributed by atoms with Gasteiger partial charge in [-0.1, -0.05) is 12.1 Å². The predicted octanol–water partition coefficient (Wildman–Crippen LogP) is 3.91. The van der Waals surface area contributed by atoms with Gasteiger partial charge in [0.05, 0.1) is 22.4 Å². The van der Waals surface area contributed by atoms with E-state index in [0.717, 1.165) is 25.1 Å². The molecule has 108 valence electrons. The van der Waals surface area contributed by atoms with Crippen LogP contribution in [0.25, 0.3) is 10.2 Å². The van der Waals surface area contributed by atoms with Gasteiger partial charge in [-0.2, -0.15) is 0 Å². The maximum atomic E-state index is 5.76. The Hall–Kier alpha value is -0.970. The maximum absolute atomic E-state index is 5.76. The van der Waals surface area contributed by atoms with Crippen molar-refractivity contribution in [3.63, 3.8) is 0 Å². The van der Waals surface area contributed by atoms with E-state index in [0.29, 0.717) is 12.1 Å². The zero-order valence-electron chi connectivity index (χ0n) is 12.0. The minimum Gasteiger partial charge on any atom is -0.378 e. The van der Waals surface area contributed by atoms with Crippen molar-refractivity contribution < 1.29 is 4.74 Å². The van der Waals surface area contributed by atoms with Crippen LogP contribution in [0.15, 0.2) is 24.3 Å². The summed E-state index contributed by atoms with van der Waals surface area (Å²) in [5.41, 5.74) is 1.11. The molecule has 1 N–H and O–H groups in total. The molecule has 0 radical (unpaired) electrons. The van der Waals surface area contributed by atoms with Crippen molar-refractivity contribution in [3.05, 3.63) is 29.3 Å². The smallest absolute Gasteiger partial charge is 0.111 e. The fraction of sp³-hybridized carbons (Fsp3) is 0.562. The normalized spacial score (nSPS) is 21.1. The number of rotatable bonds is 5. The number of nitrogens with zero attached hydrogens (tertiary/aromatic N) is 1. The summed E-state index contributed by atoms with van der Waals surface area (Å²) in [4.78, 5) is 4.70. The summed E-state index contributed by atoms with van der Waals surface area (Å²) in [7, 11) is 0. The van der Waals surface area contributed by atoms with Crippen molar-refractivity contribution in [2.45, 2.75) is 44.8 Å². The highest BCUT2D eigenvalue weighted by molar-refractivity contribution is 7.18. The molecule has 1 aromatic carbocycles. The summed E-state index contributed by atoms with van der Waals surface area (Å²) >= 11 is 1.79. The van der Waals surface area contributed by atoms with E-state index in [1.807, 2.05) is 6.07 Å². The Bertz CT molecular complexity index is 515. The third kappa shape index (κ3) is 3.37. The first kappa shape index (κ1) is 14.0. The van der Waals surface area contributed by atoms with E-state index in [1.54, 1.807) is 11.3 Å². The highest BCUT2D eigenvalue weighted by Crippen LogP contribution is 2.26. The average Bonchev–Trinajstić information content (AvgIpc) is 2.92. The minimum atomic E-state index is 0.316. The van der Waals surface area contributed by atoms with Crippen molar-refractivity contribution in [1.29, 1.82) is 0 Å². The van der Waals surface area contributed by atoms with Crippen LogP contribution in [0.3, 0.4) is 0 Å². The number of para-hydroxylation sites is 1. The average molecular weight is 290 g/mol. The maximum Gasteiger partial charge on any atom is 0.111 e. The van der Waals surface area contributed by atoms with E-state index < -0.39 is 0 Å². The molecule has 0 saturated carbocycles. The van der Waals surface area contributed by atoms with Gasteiger partial charge in [-0.25, -0.2) is 4.98 Å². The molecule has 1 saturated heterocycles. The van der Waals surface area contributed by atoms with Gasteiger partial charge in [-0.3, -0.25) is 0 Å². The fourth-order valence-electron chi connectivity index (χ4n) is 2.66. The van der Waals surface area contributed by atoms with E-state index in [2.05, 4.69) is 30.4 Å². The van der Waals surface area contributed by atoms with E-state index in [9.17, 15) is 0 Å². The van der Waals surface area contributed by atoms with E-state index >= 15 is 0 Å². The Balaban J connectivity index is 1.52. The Morgan fingerprint density at radius 3 is 3.10 bits per heavy atom. The quantitative estimate of drug-likeness (QED) is 0.906. The SMILES string of the molecule is CC(NCCC1CCCCO1)c1nc2ccccc2s1. The Kier molecular flexibility index (Phi) is 4.65. The first-order valence-corrected chi connectivity index (χ1v) is 8.35. The van der Waals surface area contributed by atoms with E-state index in [-0.39, 0.29) is 0 Å². The molecule has 1 fully saturated rings.